The van der Waals surface area contributed by atoms with Gasteiger partial charge in [-0.15, -0.1) is 0 Å². The molecular weight excluding hydrogens is 493 g/mol. The van der Waals surface area contributed by atoms with E-state index in [4.69, 9.17) is 9.57 Å². The van der Waals surface area contributed by atoms with Gasteiger partial charge in [0.05, 0.1) is 30.2 Å². The van der Waals surface area contributed by atoms with E-state index in [1.54, 1.807) is 17.0 Å². The monoisotopic (exact) mass is 523 g/mol. The van der Waals surface area contributed by atoms with Crippen LogP contribution in [0.3, 0.4) is 0 Å². The van der Waals surface area contributed by atoms with Crippen molar-refractivity contribution in [2.24, 2.45) is 5.16 Å². The molecule has 11 heteroatoms. The summed E-state index contributed by atoms with van der Waals surface area (Å²) in [5.74, 6) is -0.795. The molecular formula is C27H30FN5O5. The molecule has 2 aromatic rings. The fourth-order valence-electron chi connectivity index (χ4n) is 4.81. The average Bonchev–Trinajstić information content (AvgIpc) is 3.55. The lowest BCUT2D eigenvalue weighted by Crippen LogP contribution is -2.51. The Morgan fingerprint density at radius 2 is 1.84 bits per heavy atom. The van der Waals surface area contributed by atoms with Crippen LogP contribution in [-0.4, -0.2) is 80.0 Å². The van der Waals surface area contributed by atoms with Gasteiger partial charge in [-0.25, -0.2) is 9.18 Å². The number of ether oxygens (including phenoxy) is 1. The number of rotatable bonds is 6. The van der Waals surface area contributed by atoms with Crippen LogP contribution < -0.4 is 15.1 Å². The minimum atomic E-state index is -0.649. The van der Waals surface area contributed by atoms with Crippen LogP contribution in [0.2, 0.25) is 0 Å². The minimum Gasteiger partial charge on any atom is -0.442 e. The topological polar surface area (TPSA) is 104 Å². The quantitative estimate of drug-likeness (QED) is 0.624. The summed E-state index contributed by atoms with van der Waals surface area (Å²) in [7, 11) is 0. The number of nitrogens with one attached hydrogen (secondary N) is 1. The molecule has 0 aromatic heterocycles. The van der Waals surface area contributed by atoms with Crippen molar-refractivity contribution >= 4 is 35.0 Å². The number of hydrogen-bond acceptors (Lipinski definition) is 7. The number of nitrogens with zero attached hydrogens (tertiary/aromatic N) is 4. The minimum absolute atomic E-state index is 0.118. The number of carbonyl (C=O) groups excluding carboxylic acids is 3. The van der Waals surface area contributed by atoms with Gasteiger partial charge in [0.25, 0.3) is 5.91 Å². The average molecular weight is 524 g/mol. The SMILES string of the molecule is CC(=O)NC[C@H]1CN(c2ccc(N3CCN(C(=O)C4CC(c5ccc(C)cc5)=NO4)CC3)c(F)c2)C(=O)O1. The number of amides is 3. The van der Waals surface area contributed by atoms with Crippen molar-refractivity contribution in [1.29, 1.82) is 0 Å². The molecule has 200 valence electrons. The standard InChI is InChI=1S/C27H30FN5O5/c1-17-3-5-19(6-4-17)23-14-25(38-30-23)26(35)32-11-9-31(10-12-32)24-8-7-20(13-22(24)28)33-16-21(37-27(33)36)15-29-18(2)34/h3-8,13,21,25H,9-12,14-16H2,1-2H3,(H,29,34)/t21-,25?/m0/s1. The highest BCUT2D eigenvalue weighted by atomic mass is 19.1. The smallest absolute Gasteiger partial charge is 0.414 e. The first kappa shape index (κ1) is 25.5. The first-order valence-electron chi connectivity index (χ1n) is 12.6. The van der Waals surface area contributed by atoms with E-state index in [9.17, 15) is 14.4 Å². The second kappa shape index (κ2) is 10.7. The number of carbonyl (C=O) groups is 3. The predicted octanol–water partition coefficient (Wildman–Crippen LogP) is 2.44. The molecule has 3 aliphatic rings. The Kier molecular flexibility index (Phi) is 7.17. The van der Waals surface area contributed by atoms with Crippen molar-refractivity contribution in [2.45, 2.75) is 32.5 Å². The summed E-state index contributed by atoms with van der Waals surface area (Å²) in [6, 6.07) is 12.6. The van der Waals surface area contributed by atoms with Crippen molar-refractivity contribution in [3.8, 4) is 0 Å². The maximum atomic E-state index is 15.1. The number of cyclic esters (lactones) is 1. The van der Waals surface area contributed by atoms with E-state index in [1.165, 1.54) is 17.9 Å². The third-order valence-electron chi connectivity index (χ3n) is 6.96. The molecule has 0 saturated carbocycles. The molecule has 5 rings (SSSR count). The molecule has 2 atom stereocenters. The van der Waals surface area contributed by atoms with Crippen molar-refractivity contribution < 1.29 is 28.3 Å². The highest BCUT2D eigenvalue weighted by molar-refractivity contribution is 6.04. The molecule has 0 spiro atoms. The molecule has 0 aliphatic carbocycles. The van der Waals surface area contributed by atoms with Gasteiger partial charge in [-0.1, -0.05) is 35.0 Å². The van der Waals surface area contributed by atoms with Crippen LogP contribution in [0.1, 0.15) is 24.5 Å². The normalized spacial score (nSPS) is 21.2. The Labute approximate surface area is 220 Å². The zero-order valence-corrected chi connectivity index (χ0v) is 21.4. The third-order valence-corrected chi connectivity index (χ3v) is 6.96. The van der Waals surface area contributed by atoms with Crippen LogP contribution in [0.4, 0.5) is 20.6 Å². The van der Waals surface area contributed by atoms with Crippen LogP contribution in [-0.2, 0) is 19.2 Å². The van der Waals surface area contributed by atoms with Crippen molar-refractivity contribution in [1.82, 2.24) is 10.2 Å². The van der Waals surface area contributed by atoms with Crippen LogP contribution in [0.15, 0.2) is 47.6 Å². The summed E-state index contributed by atoms with van der Waals surface area (Å²) >= 11 is 0. The number of piperazine rings is 1. The zero-order chi connectivity index (χ0) is 26.8. The Hall–Kier alpha value is -4.15. The third kappa shape index (κ3) is 5.41. The summed E-state index contributed by atoms with van der Waals surface area (Å²) in [6.07, 6.45) is -1.31. The second-order valence-corrected chi connectivity index (χ2v) is 9.70. The molecule has 2 fully saturated rings. The molecule has 1 unspecified atom stereocenters. The van der Waals surface area contributed by atoms with Gasteiger partial charge in [0.15, 0.2) is 0 Å². The molecule has 1 N–H and O–H groups in total. The van der Waals surface area contributed by atoms with Gasteiger partial charge in [0.1, 0.15) is 11.9 Å². The Bertz CT molecular complexity index is 1260. The van der Waals surface area contributed by atoms with E-state index in [1.807, 2.05) is 36.1 Å². The summed E-state index contributed by atoms with van der Waals surface area (Å²) in [6.45, 7) is 5.61. The molecule has 3 amide bonds. The van der Waals surface area contributed by atoms with Gasteiger partial charge in [0, 0.05) is 39.5 Å². The molecule has 2 aromatic carbocycles. The Morgan fingerprint density at radius 3 is 2.53 bits per heavy atom. The molecule has 0 radical (unpaired) electrons. The molecule has 10 nitrogen and oxygen atoms in total. The van der Waals surface area contributed by atoms with Gasteiger partial charge in [-0.2, -0.15) is 0 Å². The summed E-state index contributed by atoms with van der Waals surface area (Å²) < 4.78 is 20.4. The first-order valence-corrected chi connectivity index (χ1v) is 12.6. The maximum absolute atomic E-state index is 15.1. The fourth-order valence-corrected chi connectivity index (χ4v) is 4.81. The number of benzene rings is 2. The number of aryl methyl sites for hydroxylation is 1. The van der Waals surface area contributed by atoms with E-state index in [0.29, 0.717) is 44.0 Å². The van der Waals surface area contributed by atoms with E-state index in [2.05, 4.69) is 10.5 Å². The van der Waals surface area contributed by atoms with E-state index >= 15 is 4.39 Å². The summed E-state index contributed by atoms with van der Waals surface area (Å²) in [5.41, 5.74) is 3.65. The molecule has 3 aliphatic heterocycles. The highest BCUT2D eigenvalue weighted by Gasteiger charge is 2.35. The summed E-state index contributed by atoms with van der Waals surface area (Å²) in [5, 5.41) is 6.75. The van der Waals surface area contributed by atoms with Crippen LogP contribution in [0.25, 0.3) is 0 Å². The first-order chi connectivity index (χ1) is 18.3. The lowest BCUT2D eigenvalue weighted by atomic mass is 10.0. The Morgan fingerprint density at radius 1 is 1.11 bits per heavy atom. The maximum Gasteiger partial charge on any atom is 0.414 e. The largest absolute Gasteiger partial charge is 0.442 e. The predicted molar refractivity (Wildman–Crippen MR) is 139 cm³/mol. The second-order valence-electron chi connectivity index (χ2n) is 9.70. The van der Waals surface area contributed by atoms with Gasteiger partial charge < -0.3 is 24.7 Å². The molecule has 0 bridgehead atoms. The fraction of sp³-hybridized carbons (Fsp3) is 0.407. The van der Waals surface area contributed by atoms with Crippen molar-refractivity contribution in [2.75, 3.05) is 49.1 Å². The van der Waals surface area contributed by atoms with Crippen LogP contribution in [0, 0.1) is 12.7 Å². The van der Waals surface area contributed by atoms with Crippen molar-refractivity contribution in [3.63, 3.8) is 0 Å². The zero-order valence-electron chi connectivity index (χ0n) is 21.4. The van der Waals surface area contributed by atoms with E-state index < -0.39 is 24.1 Å². The number of oxime groups is 1. The highest BCUT2D eigenvalue weighted by Crippen LogP contribution is 2.29. The van der Waals surface area contributed by atoms with Crippen molar-refractivity contribution in [3.05, 3.63) is 59.4 Å². The summed E-state index contributed by atoms with van der Waals surface area (Å²) in [4.78, 5) is 46.8. The number of halogens is 1. The molecule has 3 heterocycles. The number of anilines is 2. The van der Waals surface area contributed by atoms with E-state index in [0.717, 1.165) is 16.8 Å². The van der Waals surface area contributed by atoms with Gasteiger partial charge in [0.2, 0.25) is 12.0 Å². The Balaban J connectivity index is 1.14. The lowest BCUT2D eigenvalue weighted by Gasteiger charge is -2.37. The molecule has 2 saturated heterocycles. The van der Waals surface area contributed by atoms with Gasteiger partial charge in [-0.3, -0.25) is 14.5 Å². The van der Waals surface area contributed by atoms with Gasteiger partial charge >= 0.3 is 6.09 Å². The molecule has 38 heavy (non-hydrogen) atoms. The number of hydrogen-bond donors (Lipinski definition) is 1. The van der Waals surface area contributed by atoms with E-state index in [-0.39, 0.29) is 24.9 Å². The van der Waals surface area contributed by atoms with Crippen LogP contribution in [0.5, 0.6) is 0 Å². The van der Waals surface area contributed by atoms with Gasteiger partial charge in [-0.05, 0) is 30.7 Å². The lowest BCUT2D eigenvalue weighted by molar-refractivity contribution is -0.142. The van der Waals surface area contributed by atoms with Crippen LogP contribution >= 0.6 is 0 Å².